The third-order valence-corrected chi connectivity index (χ3v) is 2.67. The molecule has 3 heteroatoms. The van der Waals surface area contributed by atoms with E-state index in [1.165, 1.54) is 5.56 Å². The van der Waals surface area contributed by atoms with Gasteiger partial charge in [-0.1, -0.05) is 6.07 Å². The molecule has 14 heavy (non-hydrogen) atoms. The Kier molecular flexibility index (Phi) is 2.33. The number of fused-ring (bicyclic) bond motifs is 1. The zero-order valence-corrected chi connectivity index (χ0v) is 8.58. The summed E-state index contributed by atoms with van der Waals surface area (Å²) >= 11 is 0. The van der Waals surface area contributed by atoms with Crippen LogP contribution in [-0.4, -0.2) is 13.2 Å². The number of methoxy groups -OCH3 is 1. The van der Waals surface area contributed by atoms with Crippen LogP contribution in [0.1, 0.15) is 24.9 Å². The van der Waals surface area contributed by atoms with Crippen LogP contribution in [0.3, 0.4) is 0 Å². The number of benzene rings is 1. The first-order chi connectivity index (χ1) is 6.70. The lowest BCUT2D eigenvalue weighted by molar-refractivity contribution is 0.414. The summed E-state index contributed by atoms with van der Waals surface area (Å²) in [5, 5.41) is 3.40. The lowest BCUT2D eigenvalue weighted by atomic mass is 9.94. The van der Waals surface area contributed by atoms with Crippen molar-refractivity contribution in [1.82, 2.24) is 0 Å². The molecule has 0 spiro atoms. The topological polar surface area (TPSA) is 47.3 Å². The Balaban J connectivity index is 2.39. The Morgan fingerprint density at radius 2 is 2.29 bits per heavy atom. The van der Waals surface area contributed by atoms with Gasteiger partial charge in [-0.3, -0.25) is 0 Å². The predicted octanol–water partition coefficient (Wildman–Crippen LogP) is 1.90. The van der Waals surface area contributed by atoms with Crippen molar-refractivity contribution in [2.24, 2.45) is 5.73 Å². The quantitative estimate of drug-likeness (QED) is 0.714. The monoisotopic (exact) mass is 192 g/mol. The van der Waals surface area contributed by atoms with Crippen LogP contribution in [-0.2, 0) is 0 Å². The first kappa shape index (κ1) is 9.34. The van der Waals surface area contributed by atoms with E-state index in [1.807, 2.05) is 18.2 Å². The minimum atomic E-state index is 0.146. The third-order valence-electron chi connectivity index (χ3n) is 2.67. The molecule has 2 unspecified atom stereocenters. The molecule has 2 rings (SSSR count). The van der Waals surface area contributed by atoms with E-state index >= 15 is 0 Å². The van der Waals surface area contributed by atoms with Crippen molar-refractivity contribution in [3.05, 3.63) is 23.8 Å². The van der Waals surface area contributed by atoms with Crippen molar-refractivity contribution in [2.75, 3.05) is 12.4 Å². The molecule has 3 nitrogen and oxygen atoms in total. The summed E-state index contributed by atoms with van der Waals surface area (Å²) in [4.78, 5) is 0. The van der Waals surface area contributed by atoms with E-state index < -0.39 is 0 Å². The Bertz CT molecular complexity index is 338. The molecule has 1 aliphatic rings. The number of hydrogen-bond acceptors (Lipinski definition) is 3. The molecule has 1 aromatic carbocycles. The van der Waals surface area contributed by atoms with E-state index in [4.69, 9.17) is 10.5 Å². The van der Waals surface area contributed by atoms with Crippen LogP contribution in [0.2, 0.25) is 0 Å². The average Bonchev–Trinajstić information content (AvgIpc) is 2.16. The number of rotatable bonds is 1. The summed E-state index contributed by atoms with van der Waals surface area (Å²) in [5.41, 5.74) is 8.34. The molecular formula is C11H16N2O. The number of hydrogen-bond donors (Lipinski definition) is 2. The minimum absolute atomic E-state index is 0.146. The summed E-state index contributed by atoms with van der Waals surface area (Å²) in [5.74, 6) is 0.873. The van der Waals surface area contributed by atoms with Crippen LogP contribution < -0.4 is 15.8 Å². The maximum atomic E-state index is 6.05. The highest BCUT2D eigenvalue weighted by Crippen LogP contribution is 2.33. The van der Waals surface area contributed by atoms with E-state index in [0.717, 1.165) is 17.9 Å². The fourth-order valence-electron chi connectivity index (χ4n) is 1.94. The second-order valence-corrected chi connectivity index (χ2v) is 3.84. The molecule has 0 aromatic heterocycles. The molecule has 1 aromatic rings. The maximum absolute atomic E-state index is 6.05. The van der Waals surface area contributed by atoms with Crippen molar-refractivity contribution >= 4 is 5.69 Å². The zero-order chi connectivity index (χ0) is 10.1. The number of nitrogens with two attached hydrogens (primary N) is 1. The van der Waals surface area contributed by atoms with Crippen LogP contribution in [0.25, 0.3) is 0 Å². The van der Waals surface area contributed by atoms with Gasteiger partial charge < -0.3 is 15.8 Å². The average molecular weight is 192 g/mol. The van der Waals surface area contributed by atoms with Gasteiger partial charge in [-0.15, -0.1) is 0 Å². The van der Waals surface area contributed by atoms with Gasteiger partial charge in [0.1, 0.15) is 5.75 Å². The van der Waals surface area contributed by atoms with Gasteiger partial charge in [-0.2, -0.15) is 0 Å². The molecule has 0 fully saturated rings. The van der Waals surface area contributed by atoms with Gasteiger partial charge in [0.15, 0.2) is 0 Å². The molecular weight excluding hydrogens is 176 g/mol. The van der Waals surface area contributed by atoms with Crippen LogP contribution >= 0.6 is 0 Å². The van der Waals surface area contributed by atoms with Crippen molar-refractivity contribution in [2.45, 2.75) is 25.4 Å². The summed E-state index contributed by atoms with van der Waals surface area (Å²) in [6.07, 6.45) is 0.985. The van der Waals surface area contributed by atoms with Gasteiger partial charge in [0.05, 0.1) is 7.11 Å². The minimum Gasteiger partial charge on any atom is -0.497 e. The predicted molar refractivity (Wildman–Crippen MR) is 57.6 cm³/mol. The molecule has 0 radical (unpaired) electrons. The molecule has 76 valence electrons. The molecule has 3 N–H and O–H groups in total. The summed E-state index contributed by atoms with van der Waals surface area (Å²) < 4.78 is 5.17. The van der Waals surface area contributed by atoms with Crippen LogP contribution in [0.5, 0.6) is 5.75 Å². The standard InChI is InChI=1S/C11H16N2O/c1-7-5-10(12)9-4-3-8(14-2)6-11(9)13-7/h3-4,6-7,10,13H,5,12H2,1-2H3. The van der Waals surface area contributed by atoms with E-state index in [0.29, 0.717) is 6.04 Å². The number of anilines is 1. The molecule has 0 aliphatic carbocycles. The molecule has 0 saturated heterocycles. The van der Waals surface area contributed by atoms with Gasteiger partial charge >= 0.3 is 0 Å². The van der Waals surface area contributed by atoms with E-state index in [-0.39, 0.29) is 6.04 Å². The highest BCUT2D eigenvalue weighted by atomic mass is 16.5. The highest BCUT2D eigenvalue weighted by molar-refractivity contribution is 5.58. The Labute approximate surface area is 84.3 Å². The van der Waals surface area contributed by atoms with Crippen LogP contribution in [0.4, 0.5) is 5.69 Å². The molecule has 1 heterocycles. The lowest BCUT2D eigenvalue weighted by Gasteiger charge is -2.29. The maximum Gasteiger partial charge on any atom is 0.120 e. The number of nitrogens with one attached hydrogen (secondary N) is 1. The molecule has 0 bridgehead atoms. The Hall–Kier alpha value is -1.22. The SMILES string of the molecule is COc1ccc2c(c1)NC(C)CC2N. The van der Waals surface area contributed by atoms with Gasteiger partial charge in [-0.25, -0.2) is 0 Å². The second-order valence-electron chi connectivity index (χ2n) is 3.84. The first-order valence-electron chi connectivity index (χ1n) is 4.90. The van der Waals surface area contributed by atoms with Crippen LogP contribution in [0, 0.1) is 0 Å². The van der Waals surface area contributed by atoms with E-state index in [2.05, 4.69) is 12.2 Å². The Morgan fingerprint density at radius 3 is 3.00 bits per heavy atom. The smallest absolute Gasteiger partial charge is 0.120 e. The summed E-state index contributed by atoms with van der Waals surface area (Å²) in [6.45, 7) is 2.14. The van der Waals surface area contributed by atoms with Crippen molar-refractivity contribution in [1.29, 1.82) is 0 Å². The van der Waals surface area contributed by atoms with Gasteiger partial charge in [0, 0.05) is 23.8 Å². The summed E-state index contributed by atoms with van der Waals surface area (Å²) in [7, 11) is 1.67. The fourth-order valence-corrected chi connectivity index (χ4v) is 1.94. The Morgan fingerprint density at radius 1 is 1.50 bits per heavy atom. The van der Waals surface area contributed by atoms with Gasteiger partial charge in [0.25, 0.3) is 0 Å². The first-order valence-corrected chi connectivity index (χ1v) is 4.90. The van der Waals surface area contributed by atoms with Gasteiger partial charge in [0.2, 0.25) is 0 Å². The van der Waals surface area contributed by atoms with Gasteiger partial charge in [-0.05, 0) is 25.0 Å². The number of ether oxygens (including phenoxy) is 1. The molecule has 1 aliphatic heterocycles. The van der Waals surface area contributed by atoms with E-state index in [1.54, 1.807) is 7.11 Å². The fraction of sp³-hybridized carbons (Fsp3) is 0.455. The van der Waals surface area contributed by atoms with Crippen molar-refractivity contribution in [3.63, 3.8) is 0 Å². The summed E-state index contributed by atoms with van der Waals surface area (Å²) in [6, 6.07) is 6.58. The van der Waals surface area contributed by atoms with E-state index in [9.17, 15) is 0 Å². The van der Waals surface area contributed by atoms with Crippen molar-refractivity contribution < 1.29 is 4.74 Å². The second kappa shape index (κ2) is 3.50. The molecule has 0 saturated carbocycles. The highest BCUT2D eigenvalue weighted by Gasteiger charge is 2.21. The molecule has 0 amide bonds. The third kappa shape index (κ3) is 1.55. The lowest BCUT2D eigenvalue weighted by Crippen LogP contribution is -2.29. The van der Waals surface area contributed by atoms with Crippen LogP contribution in [0.15, 0.2) is 18.2 Å². The normalized spacial score (nSPS) is 25.1. The largest absolute Gasteiger partial charge is 0.497 e. The van der Waals surface area contributed by atoms with Crippen molar-refractivity contribution in [3.8, 4) is 5.75 Å². The zero-order valence-electron chi connectivity index (χ0n) is 8.58. The molecule has 2 atom stereocenters.